The number of carbonyl (C=O) groups excluding carboxylic acids is 2. The molecule has 0 spiro atoms. The first-order chi connectivity index (χ1) is 8.51. The molecule has 1 saturated carbocycles. The lowest BCUT2D eigenvalue weighted by molar-refractivity contribution is -0.170. The molecule has 5 heteroatoms. The molecule has 0 bridgehead atoms. The van der Waals surface area contributed by atoms with E-state index in [2.05, 4.69) is 11.9 Å². The van der Waals surface area contributed by atoms with Gasteiger partial charge in [0.25, 0.3) is 0 Å². The second-order valence-corrected chi connectivity index (χ2v) is 5.55. The van der Waals surface area contributed by atoms with Crippen LogP contribution in [-0.2, 0) is 14.3 Å². The number of nitrogens with zero attached hydrogens (tertiary/aromatic N) is 2. The van der Waals surface area contributed by atoms with Crippen LogP contribution in [-0.4, -0.2) is 62.0 Å². The monoisotopic (exact) mass is 254 g/mol. The minimum absolute atomic E-state index is 0.0547. The predicted molar refractivity (Wildman–Crippen MR) is 67.0 cm³/mol. The molecule has 5 nitrogen and oxygen atoms in total. The molecule has 1 saturated heterocycles. The molecule has 2 rings (SSSR count). The number of carbonyl (C=O) groups is 2. The van der Waals surface area contributed by atoms with Gasteiger partial charge in [-0.3, -0.25) is 9.59 Å². The number of likely N-dealkylation sites (tertiary alicyclic amines) is 1. The molecule has 1 amide bonds. The normalized spacial score (nSPS) is 26.5. The Balaban J connectivity index is 2.07. The summed E-state index contributed by atoms with van der Waals surface area (Å²) in [6, 6.07) is 0.227. The van der Waals surface area contributed by atoms with E-state index < -0.39 is 5.41 Å². The average Bonchev–Trinajstić information content (AvgIpc) is 2.72. The van der Waals surface area contributed by atoms with Gasteiger partial charge in [-0.15, -0.1) is 0 Å². The maximum atomic E-state index is 12.5. The van der Waals surface area contributed by atoms with Gasteiger partial charge in [-0.05, 0) is 32.9 Å². The van der Waals surface area contributed by atoms with E-state index in [0.29, 0.717) is 12.8 Å². The average molecular weight is 254 g/mol. The molecular formula is C13H22N2O3. The largest absolute Gasteiger partial charge is 0.468 e. The molecule has 1 heterocycles. The van der Waals surface area contributed by atoms with Gasteiger partial charge in [-0.1, -0.05) is 6.42 Å². The minimum atomic E-state index is -0.884. The lowest BCUT2D eigenvalue weighted by Crippen LogP contribution is -2.54. The first-order valence-corrected chi connectivity index (χ1v) is 6.55. The molecular weight excluding hydrogens is 232 g/mol. The van der Waals surface area contributed by atoms with Crippen molar-refractivity contribution >= 4 is 11.9 Å². The van der Waals surface area contributed by atoms with E-state index in [1.807, 2.05) is 7.05 Å². The third-order valence-electron chi connectivity index (χ3n) is 4.43. The highest BCUT2D eigenvalue weighted by Crippen LogP contribution is 2.44. The van der Waals surface area contributed by atoms with Gasteiger partial charge in [-0.25, -0.2) is 0 Å². The van der Waals surface area contributed by atoms with Gasteiger partial charge < -0.3 is 14.5 Å². The van der Waals surface area contributed by atoms with Crippen molar-refractivity contribution in [3.63, 3.8) is 0 Å². The quantitative estimate of drug-likeness (QED) is 0.543. The fraction of sp³-hybridized carbons (Fsp3) is 0.846. The molecule has 0 radical (unpaired) electrons. The molecule has 1 atom stereocenters. The number of amides is 1. The summed E-state index contributed by atoms with van der Waals surface area (Å²) in [5.74, 6) is -0.419. The van der Waals surface area contributed by atoms with Crippen molar-refractivity contribution in [1.29, 1.82) is 0 Å². The Morgan fingerprint density at radius 1 is 1.39 bits per heavy atom. The van der Waals surface area contributed by atoms with Crippen LogP contribution in [0.4, 0.5) is 0 Å². The third-order valence-corrected chi connectivity index (χ3v) is 4.43. The Morgan fingerprint density at radius 2 is 2.06 bits per heavy atom. The van der Waals surface area contributed by atoms with Gasteiger partial charge in [-0.2, -0.15) is 0 Å². The zero-order chi connectivity index (χ0) is 13.3. The van der Waals surface area contributed by atoms with E-state index in [4.69, 9.17) is 4.74 Å². The van der Waals surface area contributed by atoms with Crippen LogP contribution < -0.4 is 0 Å². The van der Waals surface area contributed by atoms with E-state index in [1.54, 1.807) is 4.90 Å². The Bertz CT molecular complexity index is 352. The van der Waals surface area contributed by atoms with E-state index in [1.165, 1.54) is 7.11 Å². The van der Waals surface area contributed by atoms with Gasteiger partial charge in [0.15, 0.2) is 0 Å². The highest BCUT2D eigenvalue weighted by Gasteiger charge is 2.54. The van der Waals surface area contributed by atoms with Crippen molar-refractivity contribution in [2.75, 3.05) is 34.3 Å². The molecule has 18 heavy (non-hydrogen) atoms. The van der Waals surface area contributed by atoms with Crippen LogP contribution in [0.2, 0.25) is 0 Å². The molecule has 1 unspecified atom stereocenters. The lowest BCUT2D eigenvalue weighted by Gasteiger charge is -2.41. The van der Waals surface area contributed by atoms with Crippen molar-refractivity contribution in [3.8, 4) is 0 Å². The van der Waals surface area contributed by atoms with Crippen LogP contribution in [0.25, 0.3) is 0 Å². The first kappa shape index (κ1) is 13.3. The second kappa shape index (κ2) is 4.88. The first-order valence-electron chi connectivity index (χ1n) is 6.55. The van der Waals surface area contributed by atoms with Crippen molar-refractivity contribution in [2.24, 2.45) is 5.41 Å². The van der Waals surface area contributed by atoms with Gasteiger partial charge in [0, 0.05) is 19.6 Å². The molecule has 0 aromatic carbocycles. The maximum absolute atomic E-state index is 12.5. The number of likely N-dealkylation sites (N-methyl/N-ethyl adjacent to an activating group) is 2. The van der Waals surface area contributed by atoms with E-state index >= 15 is 0 Å². The van der Waals surface area contributed by atoms with Crippen LogP contribution in [0.1, 0.15) is 25.7 Å². The van der Waals surface area contributed by atoms with Crippen molar-refractivity contribution in [2.45, 2.75) is 31.7 Å². The Hall–Kier alpha value is -1.10. The topological polar surface area (TPSA) is 49.9 Å². The summed E-state index contributed by atoms with van der Waals surface area (Å²) in [6.07, 6.45) is 3.17. The van der Waals surface area contributed by atoms with Gasteiger partial charge in [0.2, 0.25) is 5.91 Å². The van der Waals surface area contributed by atoms with Crippen LogP contribution in [0.5, 0.6) is 0 Å². The van der Waals surface area contributed by atoms with Crippen LogP contribution in [0.15, 0.2) is 0 Å². The fourth-order valence-corrected chi connectivity index (χ4v) is 2.96. The standard InChI is InChI=1S/C13H22N2O3/c1-14-8-5-10(9-14)15(2)11(16)13(6-4-7-13)12(17)18-3/h10H,4-9H2,1-3H3. The van der Waals surface area contributed by atoms with Crippen molar-refractivity contribution in [1.82, 2.24) is 9.80 Å². The predicted octanol–water partition coefficient (Wildman–Crippen LogP) is 0.492. The van der Waals surface area contributed by atoms with E-state index in [-0.39, 0.29) is 17.9 Å². The smallest absolute Gasteiger partial charge is 0.321 e. The zero-order valence-electron chi connectivity index (χ0n) is 11.4. The molecule has 1 aliphatic carbocycles. The summed E-state index contributed by atoms with van der Waals surface area (Å²) in [6.45, 7) is 1.90. The SMILES string of the molecule is COC(=O)C1(C(=O)N(C)C2CCN(C)C2)CCC1. The number of esters is 1. The van der Waals surface area contributed by atoms with Gasteiger partial charge in [0.1, 0.15) is 5.41 Å². The van der Waals surface area contributed by atoms with Crippen molar-refractivity contribution in [3.05, 3.63) is 0 Å². The summed E-state index contributed by atoms with van der Waals surface area (Å²) in [5, 5.41) is 0. The molecule has 0 N–H and O–H groups in total. The Kier molecular flexibility index (Phi) is 3.61. The molecule has 102 valence electrons. The number of methoxy groups -OCH3 is 1. The highest BCUT2D eigenvalue weighted by molar-refractivity contribution is 6.03. The van der Waals surface area contributed by atoms with Crippen LogP contribution >= 0.6 is 0 Å². The number of rotatable bonds is 3. The maximum Gasteiger partial charge on any atom is 0.321 e. The Labute approximate surface area is 108 Å². The summed E-state index contributed by atoms with van der Waals surface area (Å²) in [7, 11) is 5.23. The summed E-state index contributed by atoms with van der Waals surface area (Å²) in [4.78, 5) is 28.4. The summed E-state index contributed by atoms with van der Waals surface area (Å²) >= 11 is 0. The molecule has 0 aromatic heterocycles. The minimum Gasteiger partial charge on any atom is -0.468 e. The number of hydrogen-bond acceptors (Lipinski definition) is 4. The number of hydrogen-bond donors (Lipinski definition) is 0. The van der Waals surface area contributed by atoms with E-state index in [0.717, 1.165) is 25.9 Å². The van der Waals surface area contributed by atoms with Crippen molar-refractivity contribution < 1.29 is 14.3 Å². The third kappa shape index (κ3) is 2.00. The summed E-state index contributed by atoms with van der Waals surface area (Å²) < 4.78 is 4.82. The molecule has 0 aromatic rings. The molecule has 2 aliphatic rings. The molecule has 1 aliphatic heterocycles. The lowest BCUT2D eigenvalue weighted by atomic mass is 9.67. The van der Waals surface area contributed by atoms with Gasteiger partial charge in [0.05, 0.1) is 7.11 Å². The summed E-state index contributed by atoms with van der Waals surface area (Å²) in [5.41, 5.74) is -0.884. The number of ether oxygens (including phenoxy) is 1. The van der Waals surface area contributed by atoms with Gasteiger partial charge >= 0.3 is 5.97 Å². The van der Waals surface area contributed by atoms with Crippen LogP contribution in [0.3, 0.4) is 0 Å². The fourth-order valence-electron chi connectivity index (χ4n) is 2.96. The zero-order valence-corrected chi connectivity index (χ0v) is 11.4. The highest BCUT2D eigenvalue weighted by atomic mass is 16.5. The Morgan fingerprint density at radius 3 is 2.44 bits per heavy atom. The molecule has 2 fully saturated rings. The van der Waals surface area contributed by atoms with E-state index in [9.17, 15) is 9.59 Å². The van der Waals surface area contributed by atoms with Crippen LogP contribution in [0, 0.1) is 5.41 Å². The second-order valence-electron chi connectivity index (χ2n) is 5.55.